The molecule has 0 aromatic carbocycles. The number of unbranched alkanes of at least 4 members (excludes halogenated alkanes) is 26. The molecule has 0 saturated carbocycles. The van der Waals surface area contributed by atoms with Gasteiger partial charge in [-0.1, -0.05) is 201 Å². The zero-order valence-corrected chi connectivity index (χ0v) is 33.9. The van der Waals surface area contributed by atoms with E-state index in [1.165, 1.54) is 135 Å². The second-order valence-electron chi connectivity index (χ2n) is 15.5. The Morgan fingerprint density at radius 2 is 0.660 bits per heavy atom. The number of rotatable bonds is 39. The summed E-state index contributed by atoms with van der Waals surface area (Å²) in [6.07, 6.45) is 36.7. The van der Waals surface area contributed by atoms with Crippen LogP contribution in [0.2, 0.25) is 0 Å². The first kappa shape index (κ1) is 48.4. The lowest BCUT2D eigenvalue weighted by atomic mass is 10.0. The fourth-order valence-corrected chi connectivity index (χ4v) is 6.45. The van der Waals surface area contributed by atoms with Crippen LogP contribution in [0.4, 0.5) is 0 Å². The molecule has 0 aromatic rings. The van der Waals surface area contributed by atoms with Gasteiger partial charge in [-0.3, -0.25) is 14.4 Å². The van der Waals surface area contributed by atoms with Crippen molar-refractivity contribution in [1.82, 2.24) is 0 Å². The molecule has 0 N–H and O–H groups in total. The lowest BCUT2D eigenvalue weighted by Gasteiger charge is -2.18. The van der Waals surface area contributed by atoms with E-state index in [1.807, 2.05) is 0 Å². The van der Waals surface area contributed by atoms with Gasteiger partial charge in [0.2, 0.25) is 0 Å². The van der Waals surface area contributed by atoms with Crippen molar-refractivity contribution >= 4 is 17.9 Å². The molecule has 0 aromatic heterocycles. The summed E-state index contributed by atoms with van der Waals surface area (Å²) in [5.74, 6) is -0.0677. The lowest BCUT2D eigenvalue weighted by Crippen LogP contribution is -2.30. The Kier molecular flexibility index (Phi) is 37.4. The molecular formula is C44H84O6. The third-order valence-corrected chi connectivity index (χ3v) is 9.79. The van der Waals surface area contributed by atoms with E-state index < -0.39 is 6.10 Å². The van der Waals surface area contributed by atoms with E-state index in [2.05, 4.69) is 27.7 Å². The van der Waals surface area contributed by atoms with Gasteiger partial charge in [0, 0.05) is 19.3 Å². The SMILES string of the molecule is CCCCCCCCCCCCCCCCC(=O)O[C@@H](COC(=O)CCCCCCCCC)COC(=O)CCCCCCCCCCC(C)C. The molecule has 50 heavy (non-hydrogen) atoms. The monoisotopic (exact) mass is 709 g/mol. The highest BCUT2D eigenvalue weighted by molar-refractivity contribution is 5.71. The molecule has 0 heterocycles. The number of carbonyl (C=O) groups excluding carboxylic acids is 3. The molecule has 6 heteroatoms. The normalized spacial score (nSPS) is 11.9. The fourth-order valence-electron chi connectivity index (χ4n) is 6.45. The smallest absolute Gasteiger partial charge is 0.306 e. The highest BCUT2D eigenvalue weighted by atomic mass is 16.6. The van der Waals surface area contributed by atoms with E-state index >= 15 is 0 Å². The quantitative estimate of drug-likeness (QED) is 0.0359. The molecular weight excluding hydrogens is 624 g/mol. The minimum absolute atomic E-state index is 0.0651. The van der Waals surface area contributed by atoms with Crippen LogP contribution in [0.3, 0.4) is 0 Å². The molecule has 0 saturated heterocycles. The van der Waals surface area contributed by atoms with Gasteiger partial charge in [0.25, 0.3) is 0 Å². The van der Waals surface area contributed by atoms with Crippen molar-refractivity contribution in [2.75, 3.05) is 13.2 Å². The summed E-state index contributed by atoms with van der Waals surface area (Å²) in [6.45, 7) is 8.92. The molecule has 0 fully saturated rings. The van der Waals surface area contributed by atoms with E-state index in [1.54, 1.807) is 0 Å². The van der Waals surface area contributed by atoms with Crippen LogP contribution in [-0.2, 0) is 28.6 Å². The molecule has 0 spiro atoms. The molecule has 1 atom stereocenters. The van der Waals surface area contributed by atoms with Gasteiger partial charge in [0.15, 0.2) is 6.10 Å². The average molecular weight is 709 g/mol. The predicted octanol–water partition coefficient (Wildman–Crippen LogP) is 13.6. The molecule has 0 aliphatic carbocycles. The van der Waals surface area contributed by atoms with Crippen molar-refractivity contribution < 1.29 is 28.6 Å². The van der Waals surface area contributed by atoms with Crippen molar-refractivity contribution in [2.45, 2.75) is 246 Å². The van der Waals surface area contributed by atoms with Gasteiger partial charge in [-0.05, 0) is 25.2 Å². The molecule has 0 unspecified atom stereocenters. The second-order valence-corrected chi connectivity index (χ2v) is 15.5. The van der Waals surface area contributed by atoms with Crippen LogP contribution in [0.1, 0.15) is 240 Å². The van der Waals surface area contributed by atoms with E-state index in [9.17, 15) is 14.4 Å². The third kappa shape index (κ3) is 37.7. The Hall–Kier alpha value is -1.59. The predicted molar refractivity (Wildman–Crippen MR) is 210 cm³/mol. The summed E-state index contributed by atoms with van der Waals surface area (Å²) in [4.78, 5) is 37.5. The van der Waals surface area contributed by atoms with Crippen LogP contribution >= 0.6 is 0 Å². The van der Waals surface area contributed by atoms with Gasteiger partial charge in [-0.2, -0.15) is 0 Å². The van der Waals surface area contributed by atoms with E-state index in [4.69, 9.17) is 14.2 Å². The van der Waals surface area contributed by atoms with E-state index in [-0.39, 0.29) is 31.1 Å². The topological polar surface area (TPSA) is 78.9 Å². The summed E-state index contributed by atoms with van der Waals surface area (Å²) in [6, 6.07) is 0. The molecule has 0 amide bonds. The second kappa shape index (κ2) is 38.6. The average Bonchev–Trinajstić information content (AvgIpc) is 3.09. The summed E-state index contributed by atoms with van der Waals surface area (Å²) >= 11 is 0. The summed E-state index contributed by atoms with van der Waals surface area (Å²) in [7, 11) is 0. The summed E-state index contributed by atoms with van der Waals surface area (Å²) < 4.78 is 16.6. The molecule has 0 rings (SSSR count). The Morgan fingerprint density at radius 3 is 0.980 bits per heavy atom. The van der Waals surface area contributed by atoms with Gasteiger partial charge >= 0.3 is 17.9 Å². The van der Waals surface area contributed by atoms with Gasteiger partial charge in [0.05, 0.1) is 0 Å². The molecule has 296 valence electrons. The molecule has 0 aliphatic rings. The number of hydrogen-bond acceptors (Lipinski definition) is 6. The van der Waals surface area contributed by atoms with Crippen LogP contribution in [0.5, 0.6) is 0 Å². The molecule has 0 radical (unpaired) electrons. The minimum atomic E-state index is -0.758. The maximum atomic E-state index is 12.7. The zero-order chi connectivity index (χ0) is 36.8. The van der Waals surface area contributed by atoms with E-state index in [0.717, 1.165) is 63.7 Å². The molecule has 6 nitrogen and oxygen atoms in total. The highest BCUT2D eigenvalue weighted by Crippen LogP contribution is 2.16. The number of carbonyl (C=O) groups is 3. The Balaban J connectivity index is 4.28. The first-order valence-corrected chi connectivity index (χ1v) is 21.9. The summed E-state index contributed by atoms with van der Waals surface area (Å²) in [5.41, 5.74) is 0. The van der Waals surface area contributed by atoms with Crippen LogP contribution in [-0.4, -0.2) is 37.2 Å². The van der Waals surface area contributed by atoms with Crippen LogP contribution < -0.4 is 0 Å². The van der Waals surface area contributed by atoms with Gasteiger partial charge < -0.3 is 14.2 Å². The third-order valence-electron chi connectivity index (χ3n) is 9.79. The Labute approximate surface area is 310 Å². The first-order chi connectivity index (χ1) is 24.4. The van der Waals surface area contributed by atoms with Crippen molar-refractivity contribution in [3.05, 3.63) is 0 Å². The fraction of sp³-hybridized carbons (Fsp3) is 0.932. The van der Waals surface area contributed by atoms with Gasteiger partial charge in [0.1, 0.15) is 13.2 Å². The maximum Gasteiger partial charge on any atom is 0.306 e. The summed E-state index contributed by atoms with van der Waals surface area (Å²) in [5, 5.41) is 0. The van der Waals surface area contributed by atoms with Crippen LogP contribution in [0, 0.1) is 5.92 Å². The van der Waals surface area contributed by atoms with Crippen LogP contribution in [0.15, 0.2) is 0 Å². The number of ether oxygens (including phenoxy) is 3. The van der Waals surface area contributed by atoms with Crippen molar-refractivity contribution in [3.8, 4) is 0 Å². The van der Waals surface area contributed by atoms with Crippen molar-refractivity contribution in [2.24, 2.45) is 5.92 Å². The Bertz CT molecular complexity index is 751. The molecule has 0 bridgehead atoms. The van der Waals surface area contributed by atoms with Crippen LogP contribution in [0.25, 0.3) is 0 Å². The lowest BCUT2D eigenvalue weighted by molar-refractivity contribution is -0.167. The zero-order valence-electron chi connectivity index (χ0n) is 33.9. The minimum Gasteiger partial charge on any atom is -0.462 e. The number of esters is 3. The maximum absolute atomic E-state index is 12.7. The number of hydrogen-bond donors (Lipinski definition) is 0. The highest BCUT2D eigenvalue weighted by Gasteiger charge is 2.19. The van der Waals surface area contributed by atoms with Gasteiger partial charge in [-0.25, -0.2) is 0 Å². The van der Waals surface area contributed by atoms with Gasteiger partial charge in [-0.15, -0.1) is 0 Å². The van der Waals surface area contributed by atoms with Crippen molar-refractivity contribution in [1.29, 1.82) is 0 Å². The van der Waals surface area contributed by atoms with E-state index in [0.29, 0.717) is 19.3 Å². The Morgan fingerprint density at radius 1 is 0.380 bits per heavy atom. The standard InChI is InChI=1S/C44H84O6/c1-5-7-9-11-13-14-15-16-17-18-19-25-29-33-37-44(47)50-41(38-48-42(45)35-31-27-22-12-10-8-6-2)39-49-43(46)36-32-28-24-21-20-23-26-30-34-40(3)4/h40-41H,5-39H2,1-4H3/t41-/m0/s1. The van der Waals surface area contributed by atoms with Crippen molar-refractivity contribution in [3.63, 3.8) is 0 Å². The first-order valence-electron chi connectivity index (χ1n) is 21.9. The largest absolute Gasteiger partial charge is 0.462 e. The molecule has 0 aliphatic heterocycles.